The highest BCUT2D eigenvalue weighted by Gasteiger charge is 2.31. The number of nitrogens with zero attached hydrogens (tertiary/aromatic N) is 4. The van der Waals surface area contributed by atoms with E-state index in [1.165, 1.54) is 31.4 Å². The topological polar surface area (TPSA) is 106 Å². The molecule has 0 aromatic heterocycles. The molecule has 5 rings (SSSR count). The lowest BCUT2D eigenvalue weighted by Gasteiger charge is -2.40. The predicted octanol–water partition coefficient (Wildman–Crippen LogP) is 5.08. The van der Waals surface area contributed by atoms with Gasteiger partial charge in [-0.15, -0.1) is 0 Å². The Hall–Kier alpha value is -2.99. The van der Waals surface area contributed by atoms with Crippen LogP contribution in [0.1, 0.15) is 77.7 Å². The minimum absolute atomic E-state index is 0.0651. The van der Waals surface area contributed by atoms with Crippen LogP contribution in [-0.4, -0.2) is 127 Å². The first kappa shape index (κ1) is 38.2. The Bertz CT molecular complexity index is 1320. The fourth-order valence-electron chi connectivity index (χ4n) is 7.92. The number of aliphatic hydroxyl groups excluding tert-OH is 2. The molecule has 4 aliphatic rings. The number of carbonyl (C=O) groups is 2. The van der Waals surface area contributed by atoms with Crippen molar-refractivity contribution >= 4 is 23.8 Å². The van der Waals surface area contributed by atoms with Crippen LogP contribution in [0.3, 0.4) is 0 Å². The van der Waals surface area contributed by atoms with Crippen LogP contribution < -0.4 is 4.90 Å². The van der Waals surface area contributed by atoms with Crippen molar-refractivity contribution in [1.29, 1.82) is 0 Å². The van der Waals surface area contributed by atoms with Crippen molar-refractivity contribution in [2.75, 3.05) is 70.4 Å². The number of piperazine rings is 1. The third-order valence-corrected chi connectivity index (χ3v) is 11.0. The van der Waals surface area contributed by atoms with E-state index < -0.39 is 24.3 Å². The molecule has 5 atom stereocenters. The molecular formula is C39H59FN4O6. The van der Waals surface area contributed by atoms with Gasteiger partial charge in [-0.3, -0.25) is 9.69 Å². The molecule has 1 aromatic carbocycles. The summed E-state index contributed by atoms with van der Waals surface area (Å²) in [6.45, 7) is 13.3. The van der Waals surface area contributed by atoms with Gasteiger partial charge < -0.3 is 34.4 Å². The molecule has 3 saturated heterocycles. The van der Waals surface area contributed by atoms with E-state index >= 15 is 0 Å². The molecule has 50 heavy (non-hydrogen) atoms. The Morgan fingerprint density at radius 3 is 2.38 bits per heavy atom. The number of piperidine rings is 2. The number of amides is 1. The number of likely N-dealkylation sites (tertiary alicyclic amines) is 2. The zero-order valence-corrected chi connectivity index (χ0v) is 30.4. The number of benzene rings is 1. The van der Waals surface area contributed by atoms with Gasteiger partial charge in [0.1, 0.15) is 18.0 Å². The van der Waals surface area contributed by atoms with Crippen LogP contribution in [0, 0.1) is 17.7 Å². The van der Waals surface area contributed by atoms with Crippen LogP contribution in [0.2, 0.25) is 0 Å². The standard InChI is InChI=1S/C39H59FN4O6/c1-28-7-9-35(46)27-37(47)50-38(30(3)23-31-24-32(40)26-34(25-31)43-19-17-41(18-20-43)21-22-45)29(2)8-10-36(28)49-39(48)44-15-11-33(12-16-44)42-13-5-4-6-14-42/h8,10,23-26,28-29,33,35-36,38,45-46H,4-7,9,11-22,27H2,1-3H3/b10-8-,30-23+/t28-,29-,35+,36-,38-/m0/s1. The average Bonchev–Trinajstić information content (AvgIpc) is 3.11. The maximum atomic E-state index is 14.9. The molecule has 1 aromatic rings. The minimum Gasteiger partial charge on any atom is -0.457 e. The van der Waals surface area contributed by atoms with E-state index in [4.69, 9.17) is 9.47 Å². The van der Waals surface area contributed by atoms with Gasteiger partial charge in [-0.2, -0.15) is 0 Å². The molecule has 2 N–H and O–H groups in total. The van der Waals surface area contributed by atoms with E-state index in [1.54, 1.807) is 0 Å². The van der Waals surface area contributed by atoms with E-state index in [0.717, 1.165) is 63.4 Å². The fourth-order valence-corrected chi connectivity index (χ4v) is 7.92. The molecule has 0 aliphatic carbocycles. The number of anilines is 1. The van der Waals surface area contributed by atoms with Gasteiger partial charge in [0.05, 0.1) is 19.1 Å². The van der Waals surface area contributed by atoms with Crippen LogP contribution >= 0.6 is 0 Å². The molecule has 278 valence electrons. The highest BCUT2D eigenvalue weighted by Crippen LogP contribution is 2.28. The van der Waals surface area contributed by atoms with Gasteiger partial charge in [-0.1, -0.05) is 32.4 Å². The maximum Gasteiger partial charge on any atom is 0.410 e. The largest absolute Gasteiger partial charge is 0.457 e. The number of hydrogen-bond donors (Lipinski definition) is 2. The summed E-state index contributed by atoms with van der Waals surface area (Å²) in [6, 6.07) is 5.49. The molecule has 3 fully saturated rings. The minimum atomic E-state index is -0.873. The van der Waals surface area contributed by atoms with Gasteiger partial charge in [0.25, 0.3) is 0 Å². The predicted molar refractivity (Wildman–Crippen MR) is 193 cm³/mol. The van der Waals surface area contributed by atoms with Gasteiger partial charge in [-0.05, 0) is 99.9 Å². The number of rotatable bonds is 7. The Balaban J connectivity index is 1.28. The zero-order chi connectivity index (χ0) is 35.6. The zero-order valence-electron chi connectivity index (χ0n) is 30.4. The number of hydrogen-bond acceptors (Lipinski definition) is 9. The first-order chi connectivity index (χ1) is 24.1. The molecule has 0 unspecified atom stereocenters. The smallest absolute Gasteiger partial charge is 0.410 e. The van der Waals surface area contributed by atoms with Crippen LogP contribution in [0.4, 0.5) is 14.9 Å². The van der Waals surface area contributed by atoms with E-state index in [1.807, 2.05) is 50.0 Å². The summed E-state index contributed by atoms with van der Waals surface area (Å²) in [4.78, 5) is 35.2. The first-order valence-corrected chi connectivity index (χ1v) is 18.9. The van der Waals surface area contributed by atoms with Gasteiger partial charge >= 0.3 is 12.1 Å². The Kier molecular flexibility index (Phi) is 14.1. The normalized spacial score (nSPS) is 29.5. The highest BCUT2D eigenvalue weighted by atomic mass is 19.1. The van der Waals surface area contributed by atoms with Crippen molar-refractivity contribution in [1.82, 2.24) is 14.7 Å². The molecule has 0 bridgehead atoms. The lowest BCUT2D eigenvalue weighted by molar-refractivity contribution is -0.151. The first-order valence-electron chi connectivity index (χ1n) is 18.9. The number of esters is 1. The number of carbonyl (C=O) groups excluding carboxylic acids is 2. The van der Waals surface area contributed by atoms with Gasteiger partial charge in [0.2, 0.25) is 0 Å². The van der Waals surface area contributed by atoms with Crippen molar-refractivity contribution in [3.05, 3.63) is 47.3 Å². The molecule has 0 saturated carbocycles. The van der Waals surface area contributed by atoms with Crippen molar-refractivity contribution in [3.63, 3.8) is 0 Å². The summed E-state index contributed by atoms with van der Waals surface area (Å²) >= 11 is 0. The second-order valence-electron chi connectivity index (χ2n) is 14.9. The van der Waals surface area contributed by atoms with Crippen molar-refractivity contribution < 1.29 is 33.7 Å². The lowest BCUT2D eigenvalue weighted by atomic mass is 9.91. The summed E-state index contributed by atoms with van der Waals surface area (Å²) in [7, 11) is 0. The molecular weight excluding hydrogens is 639 g/mol. The number of halogens is 1. The van der Waals surface area contributed by atoms with E-state index in [2.05, 4.69) is 14.7 Å². The Labute approximate surface area is 297 Å². The molecule has 0 radical (unpaired) electrons. The number of ether oxygens (including phenoxy) is 2. The number of aliphatic hydroxyl groups is 2. The summed E-state index contributed by atoms with van der Waals surface area (Å²) < 4.78 is 27.0. The van der Waals surface area contributed by atoms with Crippen molar-refractivity contribution in [2.45, 2.75) is 96.5 Å². The van der Waals surface area contributed by atoms with Crippen molar-refractivity contribution in [2.24, 2.45) is 11.8 Å². The number of cyclic esters (lactones) is 1. The summed E-state index contributed by atoms with van der Waals surface area (Å²) in [6.07, 6.45) is 9.95. The van der Waals surface area contributed by atoms with Crippen LogP contribution in [0.25, 0.3) is 6.08 Å². The molecule has 1 amide bonds. The second-order valence-corrected chi connectivity index (χ2v) is 14.9. The Morgan fingerprint density at radius 2 is 1.68 bits per heavy atom. The van der Waals surface area contributed by atoms with E-state index in [-0.39, 0.29) is 36.8 Å². The summed E-state index contributed by atoms with van der Waals surface area (Å²) in [5, 5.41) is 20.0. The quantitative estimate of drug-likeness (QED) is 0.298. The molecule has 4 aliphatic heterocycles. The van der Waals surface area contributed by atoms with E-state index in [0.29, 0.717) is 44.1 Å². The number of β-amino-alcohol motifs (C(OH)–C–C–N with tert-alkyl or cyclic N) is 1. The van der Waals surface area contributed by atoms with Crippen molar-refractivity contribution in [3.8, 4) is 0 Å². The lowest BCUT2D eigenvalue weighted by Crippen LogP contribution is -2.48. The SMILES string of the molecule is C/C(=C\c1cc(F)cc(N2CCN(CCO)CC2)c1)[C@H]1OC(=O)C[C@H](O)CC[C@H](C)[C@@H](OC(=O)N2CCC(N3CCCCC3)CC2)/C=C\[C@@H]1C. The highest BCUT2D eigenvalue weighted by molar-refractivity contribution is 5.71. The Morgan fingerprint density at radius 1 is 0.960 bits per heavy atom. The summed E-state index contributed by atoms with van der Waals surface area (Å²) in [5.74, 6) is -1.18. The van der Waals surface area contributed by atoms with Gasteiger partial charge in [0.15, 0.2) is 0 Å². The van der Waals surface area contributed by atoms with E-state index in [9.17, 15) is 24.2 Å². The van der Waals surface area contributed by atoms with Crippen LogP contribution in [-0.2, 0) is 14.3 Å². The van der Waals surface area contributed by atoms with Gasteiger partial charge in [-0.25, -0.2) is 9.18 Å². The van der Waals surface area contributed by atoms with Crippen LogP contribution in [0.5, 0.6) is 0 Å². The van der Waals surface area contributed by atoms with Crippen LogP contribution in [0.15, 0.2) is 35.9 Å². The average molecular weight is 699 g/mol. The second kappa shape index (κ2) is 18.5. The molecule has 11 heteroatoms. The molecule has 4 heterocycles. The summed E-state index contributed by atoms with van der Waals surface area (Å²) in [5.41, 5.74) is 2.19. The monoisotopic (exact) mass is 698 g/mol. The van der Waals surface area contributed by atoms with Gasteiger partial charge in [0, 0.05) is 63.5 Å². The molecule has 0 spiro atoms. The third-order valence-electron chi connectivity index (χ3n) is 11.0. The molecule has 10 nitrogen and oxygen atoms in total. The third kappa shape index (κ3) is 10.8. The maximum absolute atomic E-state index is 14.9. The fraction of sp³-hybridized carbons (Fsp3) is 0.692.